The number of halogens is 3. The molecule has 0 unspecified atom stereocenters. The first-order valence-electron chi connectivity index (χ1n) is 8.04. The van der Waals surface area contributed by atoms with Crippen molar-refractivity contribution in [3.05, 3.63) is 74.6 Å². The molecule has 0 radical (unpaired) electrons. The van der Waals surface area contributed by atoms with Gasteiger partial charge in [-0.1, -0.05) is 53.0 Å². The van der Waals surface area contributed by atoms with Crippen molar-refractivity contribution < 1.29 is 4.79 Å². The number of amides is 1. The molecule has 0 aliphatic rings. The van der Waals surface area contributed by atoms with Gasteiger partial charge in [0, 0.05) is 32.1 Å². The summed E-state index contributed by atoms with van der Waals surface area (Å²) in [6.45, 7) is 0. The molecule has 2 heterocycles. The van der Waals surface area contributed by atoms with Gasteiger partial charge in [-0.3, -0.25) is 10.1 Å². The van der Waals surface area contributed by atoms with Gasteiger partial charge in [-0.05, 0) is 35.9 Å². The third kappa shape index (κ3) is 4.05. The van der Waals surface area contributed by atoms with Crippen LogP contribution in [-0.4, -0.2) is 20.5 Å². The number of carbonyl (C=O) groups is 1. The Balaban J connectivity index is 1.52. The Labute approximate surface area is 179 Å². The molecule has 0 saturated heterocycles. The summed E-state index contributed by atoms with van der Waals surface area (Å²) in [7, 11) is 0. The second-order valence-corrected chi connectivity index (χ2v) is 7.86. The molecule has 9 heteroatoms. The highest BCUT2D eigenvalue weighted by Crippen LogP contribution is 2.27. The standard InChI is InChI=1S/C19H11Cl3N4OS/c20-13-5-2-12(3-6-13)16-10-28-19-24-18(25-26(16)19)23-17(27)8-4-11-1-7-14(21)9-15(11)22/h1-10H,(H,23,25,27)/b8-4+. The zero-order valence-electron chi connectivity index (χ0n) is 14.1. The second-order valence-electron chi connectivity index (χ2n) is 5.75. The van der Waals surface area contributed by atoms with Crippen molar-refractivity contribution in [3.8, 4) is 11.3 Å². The van der Waals surface area contributed by atoms with Crippen LogP contribution in [0.5, 0.6) is 0 Å². The van der Waals surface area contributed by atoms with Gasteiger partial charge in [0.2, 0.25) is 4.96 Å². The van der Waals surface area contributed by atoms with Gasteiger partial charge in [0.05, 0.1) is 5.69 Å². The lowest BCUT2D eigenvalue weighted by molar-refractivity contribution is -0.111. The average Bonchev–Trinajstić information content (AvgIpc) is 3.22. The van der Waals surface area contributed by atoms with Crippen LogP contribution in [0.1, 0.15) is 5.56 Å². The molecule has 0 aliphatic heterocycles. The summed E-state index contributed by atoms with van der Waals surface area (Å²) >= 11 is 19.3. The molecule has 28 heavy (non-hydrogen) atoms. The fourth-order valence-corrected chi connectivity index (χ4v) is 3.94. The van der Waals surface area contributed by atoms with Crippen LogP contribution < -0.4 is 5.32 Å². The fraction of sp³-hybridized carbons (Fsp3) is 0. The van der Waals surface area contributed by atoms with E-state index in [1.807, 2.05) is 29.6 Å². The first-order valence-corrected chi connectivity index (χ1v) is 10.1. The molecule has 0 fully saturated rings. The van der Waals surface area contributed by atoms with Gasteiger partial charge >= 0.3 is 0 Å². The lowest BCUT2D eigenvalue weighted by Crippen LogP contribution is -2.09. The monoisotopic (exact) mass is 448 g/mol. The van der Waals surface area contributed by atoms with E-state index in [-0.39, 0.29) is 11.9 Å². The zero-order valence-corrected chi connectivity index (χ0v) is 17.1. The van der Waals surface area contributed by atoms with E-state index in [1.54, 1.807) is 28.8 Å². The SMILES string of the molecule is O=C(/C=C/c1ccc(Cl)cc1Cl)Nc1nc2scc(-c3ccc(Cl)cc3)n2n1. The number of benzene rings is 2. The molecule has 0 spiro atoms. The largest absolute Gasteiger partial charge is 0.290 e. The van der Waals surface area contributed by atoms with Gasteiger partial charge in [-0.2, -0.15) is 4.98 Å². The molecule has 5 nitrogen and oxygen atoms in total. The van der Waals surface area contributed by atoms with Crippen molar-refractivity contribution in [2.24, 2.45) is 0 Å². The molecule has 1 amide bonds. The molecule has 0 atom stereocenters. The Morgan fingerprint density at radius 3 is 2.57 bits per heavy atom. The number of aromatic nitrogens is 3. The minimum absolute atomic E-state index is 0.221. The minimum Gasteiger partial charge on any atom is -0.290 e. The average molecular weight is 450 g/mol. The van der Waals surface area contributed by atoms with Crippen LogP contribution in [0.2, 0.25) is 15.1 Å². The van der Waals surface area contributed by atoms with Gasteiger partial charge in [0.25, 0.3) is 11.9 Å². The fourth-order valence-electron chi connectivity index (χ4n) is 2.51. The van der Waals surface area contributed by atoms with Gasteiger partial charge in [-0.25, -0.2) is 4.52 Å². The summed E-state index contributed by atoms with van der Waals surface area (Å²) in [6, 6.07) is 12.5. The lowest BCUT2D eigenvalue weighted by atomic mass is 10.2. The van der Waals surface area contributed by atoms with E-state index in [1.165, 1.54) is 17.4 Å². The maximum absolute atomic E-state index is 12.2. The summed E-state index contributed by atoms with van der Waals surface area (Å²) in [6.07, 6.45) is 2.97. The van der Waals surface area contributed by atoms with Gasteiger partial charge in [-0.15, -0.1) is 16.4 Å². The van der Waals surface area contributed by atoms with Crippen LogP contribution in [0.4, 0.5) is 5.95 Å². The number of hydrogen-bond acceptors (Lipinski definition) is 4. The van der Waals surface area contributed by atoms with E-state index >= 15 is 0 Å². The van der Waals surface area contributed by atoms with Gasteiger partial charge < -0.3 is 0 Å². The van der Waals surface area contributed by atoms with E-state index in [0.717, 1.165) is 11.3 Å². The van der Waals surface area contributed by atoms with Crippen molar-refractivity contribution in [2.75, 3.05) is 5.32 Å². The molecule has 4 aromatic rings. The maximum Gasteiger partial charge on any atom is 0.250 e. The van der Waals surface area contributed by atoms with Crippen molar-refractivity contribution in [3.63, 3.8) is 0 Å². The molecular weight excluding hydrogens is 439 g/mol. The number of carbonyl (C=O) groups excluding carboxylic acids is 1. The van der Waals surface area contributed by atoms with Crippen molar-refractivity contribution in [1.29, 1.82) is 0 Å². The van der Waals surface area contributed by atoms with E-state index in [2.05, 4.69) is 15.4 Å². The molecule has 0 saturated carbocycles. The molecule has 2 aromatic carbocycles. The van der Waals surface area contributed by atoms with Crippen LogP contribution in [0.25, 0.3) is 22.3 Å². The zero-order chi connectivity index (χ0) is 19.7. The topological polar surface area (TPSA) is 59.3 Å². The maximum atomic E-state index is 12.2. The Morgan fingerprint density at radius 1 is 1.07 bits per heavy atom. The number of nitrogens with zero attached hydrogens (tertiary/aromatic N) is 3. The molecule has 140 valence electrons. The molecule has 2 aromatic heterocycles. The summed E-state index contributed by atoms with van der Waals surface area (Å²) in [5.41, 5.74) is 2.51. The number of thiazole rings is 1. The second kappa shape index (κ2) is 7.93. The molecular formula is C19H11Cl3N4OS. The Morgan fingerprint density at radius 2 is 1.82 bits per heavy atom. The molecule has 0 aliphatic carbocycles. The van der Waals surface area contributed by atoms with Crippen LogP contribution in [0, 0.1) is 0 Å². The first-order chi connectivity index (χ1) is 13.5. The van der Waals surface area contributed by atoms with Crippen molar-refractivity contribution in [1.82, 2.24) is 14.6 Å². The highest BCUT2D eigenvalue weighted by atomic mass is 35.5. The summed E-state index contributed by atoms with van der Waals surface area (Å²) in [5, 5.41) is 10.6. The predicted octanol–water partition coefficient (Wildman–Crippen LogP) is 6.07. The van der Waals surface area contributed by atoms with Gasteiger partial charge in [0.1, 0.15) is 0 Å². The lowest BCUT2D eigenvalue weighted by Gasteiger charge is -1.99. The molecule has 4 rings (SSSR count). The number of anilines is 1. The first kappa shape index (κ1) is 19.0. The number of fused-ring (bicyclic) bond motifs is 1. The highest BCUT2D eigenvalue weighted by Gasteiger charge is 2.12. The van der Waals surface area contributed by atoms with Crippen LogP contribution in [0.15, 0.2) is 53.9 Å². The summed E-state index contributed by atoms with van der Waals surface area (Å²) < 4.78 is 1.68. The van der Waals surface area contributed by atoms with Crippen LogP contribution in [-0.2, 0) is 4.79 Å². The number of hydrogen-bond donors (Lipinski definition) is 1. The number of rotatable bonds is 4. The summed E-state index contributed by atoms with van der Waals surface area (Å²) in [5.74, 6) is -0.142. The van der Waals surface area contributed by atoms with E-state index in [9.17, 15) is 4.79 Å². The van der Waals surface area contributed by atoms with Crippen LogP contribution in [0.3, 0.4) is 0 Å². The third-order valence-electron chi connectivity index (χ3n) is 3.83. The smallest absolute Gasteiger partial charge is 0.250 e. The Hall–Kier alpha value is -2.38. The summed E-state index contributed by atoms with van der Waals surface area (Å²) in [4.78, 5) is 17.2. The van der Waals surface area contributed by atoms with Crippen LogP contribution >= 0.6 is 46.1 Å². The third-order valence-corrected chi connectivity index (χ3v) is 5.46. The van der Waals surface area contributed by atoms with Gasteiger partial charge in [0.15, 0.2) is 0 Å². The van der Waals surface area contributed by atoms with E-state index in [0.29, 0.717) is 25.6 Å². The van der Waals surface area contributed by atoms with E-state index < -0.39 is 0 Å². The Kier molecular flexibility index (Phi) is 5.37. The molecule has 1 N–H and O–H groups in total. The highest BCUT2D eigenvalue weighted by molar-refractivity contribution is 7.15. The van der Waals surface area contributed by atoms with Crippen molar-refractivity contribution >= 4 is 69.0 Å². The predicted molar refractivity (Wildman–Crippen MR) is 115 cm³/mol. The quantitative estimate of drug-likeness (QED) is 0.385. The number of nitrogens with one attached hydrogen (secondary N) is 1. The Bertz CT molecular complexity index is 1200. The van der Waals surface area contributed by atoms with E-state index in [4.69, 9.17) is 34.8 Å². The molecule has 0 bridgehead atoms. The minimum atomic E-state index is -0.364. The van der Waals surface area contributed by atoms with Crippen molar-refractivity contribution in [2.45, 2.75) is 0 Å². The normalized spacial score (nSPS) is 11.4.